The first-order chi connectivity index (χ1) is 9.27. The lowest BCUT2D eigenvalue weighted by Gasteiger charge is -2.27. The van der Waals surface area contributed by atoms with Crippen LogP contribution in [0, 0.1) is 6.92 Å². The van der Waals surface area contributed by atoms with Gasteiger partial charge in [0.25, 0.3) is 0 Å². The van der Waals surface area contributed by atoms with Gasteiger partial charge >= 0.3 is 0 Å². The third-order valence-electron chi connectivity index (χ3n) is 3.25. The molecule has 106 valence electrons. The minimum absolute atomic E-state index is 0.204. The Bertz CT molecular complexity index is 402. The molecule has 1 N–H and O–H groups in total. The molecule has 0 unspecified atom stereocenters. The summed E-state index contributed by atoms with van der Waals surface area (Å²) < 4.78 is 5.54. The Morgan fingerprint density at radius 3 is 2.95 bits per heavy atom. The number of aromatic nitrogens is 1. The van der Waals surface area contributed by atoms with Crippen LogP contribution in [0.2, 0.25) is 0 Å². The molecule has 5 nitrogen and oxygen atoms in total. The van der Waals surface area contributed by atoms with E-state index in [4.69, 9.17) is 4.74 Å². The number of ether oxygens (including phenoxy) is 1. The molecule has 19 heavy (non-hydrogen) atoms. The molecule has 1 aliphatic rings. The number of carbonyl (C=O) groups excluding carboxylic acids is 1. The van der Waals surface area contributed by atoms with Crippen molar-refractivity contribution in [3.05, 3.63) is 16.1 Å². The van der Waals surface area contributed by atoms with Crippen LogP contribution in [0.4, 0.5) is 0 Å². The highest BCUT2D eigenvalue weighted by atomic mass is 32.1. The number of thiazole rings is 1. The van der Waals surface area contributed by atoms with Crippen molar-refractivity contribution in [3.63, 3.8) is 0 Å². The van der Waals surface area contributed by atoms with Crippen molar-refractivity contribution >= 4 is 17.2 Å². The van der Waals surface area contributed by atoms with Crippen LogP contribution in [0.1, 0.15) is 17.0 Å². The third kappa shape index (κ3) is 4.56. The fourth-order valence-electron chi connectivity index (χ4n) is 2.06. The largest absolute Gasteiger partial charge is 0.381 e. The van der Waals surface area contributed by atoms with E-state index in [1.54, 1.807) is 11.3 Å². The van der Waals surface area contributed by atoms with E-state index in [0.29, 0.717) is 19.6 Å². The Hall–Kier alpha value is -0.980. The predicted molar refractivity (Wildman–Crippen MR) is 75.4 cm³/mol. The zero-order valence-electron chi connectivity index (χ0n) is 11.4. The van der Waals surface area contributed by atoms with Crippen LogP contribution in [0.25, 0.3) is 0 Å². The number of carbonyl (C=O) groups is 1. The van der Waals surface area contributed by atoms with Crippen molar-refractivity contribution in [1.29, 1.82) is 0 Å². The van der Waals surface area contributed by atoms with Crippen molar-refractivity contribution < 1.29 is 9.53 Å². The molecule has 1 saturated heterocycles. The summed E-state index contributed by atoms with van der Waals surface area (Å²) in [5.74, 6) is 0.204. The monoisotopic (exact) mass is 283 g/mol. The molecule has 1 aromatic rings. The number of amides is 1. The van der Waals surface area contributed by atoms with Crippen LogP contribution in [0.15, 0.2) is 5.51 Å². The number of rotatable bonds is 6. The fraction of sp³-hybridized carbons (Fsp3) is 0.692. The van der Waals surface area contributed by atoms with E-state index in [0.717, 1.165) is 38.3 Å². The number of hydrogen-bond acceptors (Lipinski definition) is 5. The van der Waals surface area contributed by atoms with E-state index in [-0.39, 0.29) is 5.91 Å². The fourth-order valence-corrected chi connectivity index (χ4v) is 2.83. The number of piperazine rings is 1. The summed E-state index contributed by atoms with van der Waals surface area (Å²) in [4.78, 5) is 19.2. The lowest BCUT2D eigenvalue weighted by Crippen LogP contribution is -2.46. The molecule has 2 heterocycles. The van der Waals surface area contributed by atoms with Crippen molar-refractivity contribution in [2.45, 2.75) is 19.8 Å². The number of hydrogen-bond donors (Lipinski definition) is 1. The minimum atomic E-state index is 0.204. The Morgan fingerprint density at radius 1 is 1.47 bits per heavy atom. The van der Waals surface area contributed by atoms with E-state index < -0.39 is 0 Å². The molecule has 1 amide bonds. The summed E-state index contributed by atoms with van der Waals surface area (Å²) >= 11 is 1.66. The summed E-state index contributed by atoms with van der Waals surface area (Å²) in [5, 5.41) is 3.24. The molecule has 0 radical (unpaired) electrons. The van der Waals surface area contributed by atoms with E-state index in [1.807, 2.05) is 17.3 Å². The van der Waals surface area contributed by atoms with Crippen LogP contribution in [0.5, 0.6) is 0 Å². The summed E-state index contributed by atoms with van der Waals surface area (Å²) in [6.07, 6.45) is 1.37. The molecule has 2 rings (SSSR count). The van der Waals surface area contributed by atoms with Gasteiger partial charge in [0.15, 0.2) is 0 Å². The van der Waals surface area contributed by atoms with Crippen LogP contribution >= 0.6 is 11.3 Å². The highest BCUT2D eigenvalue weighted by Crippen LogP contribution is 2.12. The molecule has 0 aliphatic carbocycles. The minimum Gasteiger partial charge on any atom is -0.381 e. The van der Waals surface area contributed by atoms with Crippen LogP contribution in [0.3, 0.4) is 0 Å². The molecule has 0 saturated carbocycles. The molecule has 1 fully saturated rings. The van der Waals surface area contributed by atoms with E-state index in [2.05, 4.69) is 10.3 Å². The van der Waals surface area contributed by atoms with Gasteiger partial charge in [0, 0.05) is 37.5 Å². The van der Waals surface area contributed by atoms with Gasteiger partial charge in [-0.15, -0.1) is 11.3 Å². The number of aryl methyl sites for hydroxylation is 1. The molecule has 1 aliphatic heterocycles. The topological polar surface area (TPSA) is 54.5 Å². The van der Waals surface area contributed by atoms with Crippen molar-refractivity contribution in [2.75, 3.05) is 39.4 Å². The first-order valence-corrected chi connectivity index (χ1v) is 7.60. The van der Waals surface area contributed by atoms with Gasteiger partial charge in [0.2, 0.25) is 5.91 Å². The first kappa shape index (κ1) is 14.4. The normalized spacial score (nSPS) is 15.7. The molecule has 0 bridgehead atoms. The van der Waals surface area contributed by atoms with Gasteiger partial charge in [-0.3, -0.25) is 4.79 Å². The predicted octanol–water partition coefficient (Wildman–Crippen LogP) is 0.833. The van der Waals surface area contributed by atoms with Gasteiger partial charge in [0.05, 0.1) is 30.8 Å². The second kappa shape index (κ2) is 7.57. The summed E-state index contributed by atoms with van der Waals surface area (Å²) in [6.45, 7) is 6.63. The van der Waals surface area contributed by atoms with E-state index in [9.17, 15) is 4.79 Å². The summed E-state index contributed by atoms with van der Waals surface area (Å²) in [7, 11) is 0. The third-order valence-corrected chi connectivity index (χ3v) is 4.24. The molecule has 0 atom stereocenters. The standard InChI is InChI=1S/C13H21N3O2S/c1-11-12(19-10-15-11)2-8-18-9-3-13(17)16-6-4-14-5-7-16/h10,14H,2-9H2,1H3. The SMILES string of the molecule is Cc1ncsc1CCOCCC(=O)N1CCNCC1. The zero-order chi connectivity index (χ0) is 13.5. The smallest absolute Gasteiger partial charge is 0.224 e. The number of nitrogens with one attached hydrogen (secondary N) is 1. The maximum absolute atomic E-state index is 11.9. The van der Waals surface area contributed by atoms with Crippen molar-refractivity contribution in [2.24, 2.45) is 0 Å². The average Bonchev–Trinajstić information content (AvgIpc) is 2.85. The molecular weight excluding hydrogens is 262 g/mol. The Morgan fingerprint density at radius 2 is 2.26 bits per heavy atom. The van der Waals surface area contributed by atoms with Crippen molar-refractivity contribution in [1.82, 2.24) is 15.2 Å². The second-order valence-corrected chi connectivity index (χ2v) is 5.54. The average molecular weight is 283 g/mol. The first-order valence-electron chi connectivity index (χ1n) is 6.72. The van der Waals surface area contributed by atoms with Gasteiger partial charge < -0.3 is 15.0 Å². The number of nitrogens with zero attached hydrogens (tertiary/aromatic N) is 2. The van der Waals surface area contributed by atoms with E-state index >= 15 is 0 Å². The van der Waals surface area contributed by atoms with Gasteiger partial charge in [-0.1, -0.05) is 0 Å². The highest BCUT2D eigenvalue weighted by Gasteiger charge is 2.15. The van der Waals surface area contributed by atoms with Gasteiger partial charge in [-0.25, -0.2) is 4.98 Å². The quantitative estimate of drug-likeness (QED) is 0.786. The molecule has 1 aromatic heterocycles. The van der Waals surface area contributed by atoms with Gasteiger partial charge in [-0.05, 0) is 6.92 Å². The van der Waals surface area contributed by atoms with E-state index in [1.165, 1.54) is 4.88 Å². The van der Waals surface area contributed by atoms with Crippen LogP contribution in [-0.2, 0) is 16.0 Å². The molecular formula is C13H21N3O2S. The Kier molecular flexibility index (Phi) is 5.75. The molecule has 0 spiro atoms. The zero-order valence-corrected chi connectivity index (χ0v) is 12.2. The van der Waals surface area contributed by atoms with Crippen LogP contribution < -0.4 is 5.32 Å². The lowest BCUT2D eigenvalue weighted by atomic mass is 10.3. The molecule has 0 aromatic carbocycles. The van der Waals surface area contributed by atoms with Gasteiger partial charge in [0.1, 0.15) is 0 Å². The maximum atomic E-state index is 11.9. The van der Waals surface area contributed by atoms with Crippen molar-refractivity contribution in [3.8, 4) is 0 Å². The maximum Gasteiger partial charge on any atom is 0.224 e. The summed E-state index contributed by atoms with van der Waals surface area (Å²) in [5.41, 5.74) is 2.95. The van der Waals surface area contributed by atoms with Gasteiger partial charge in [-0.2, -0.15) is 0 Å². The highest BCUT2D eigenvalue weighted by molar-refractivity contribution is 7.09. The Labute approximate surface area is 118 Å². The second-order valence-electron chi connectivity index (χ2n) is 4.60. The molecule has 6 heteroatoms. The summed E-state index contributed by atoms with van der Waals surface area (Å²) in [6, 6.07) is 0. The van der Waals surface area contributed by atoms with Crippen LogP contribution in [-0.4, -0.2) is 55.2 Å². The Balaban J connectivity index is 1.56. The lowest BCUT2D eigenvalue weighted by molar-refractivity contribution is -0.132.